The summed E-state index contributed by atoms with van der Waals surface area (Å²) in [4.78, 5) is 12.5. The minimum Gasteiger partial charge on any atom is -0.322 e. The van der Waals surface area contributed by atoms with Crippen LogP contribution in [0.25, 0.3) is 10.9 Å². The largest absolute Gasteiger partial charge is 0.322 e. The molecule has 1 saturated heterocycles. The van der Waals surface area contributed by atoms with Crippen molar-refractivity contribution < 1.29 is 4.79 Å². The van der Waals surface area contributed by atoms with Crippen LogP contribution in [-0.2, 0) is 7.05 Å². The SMILES string of the molecule is Cn1cc2cc(NC(=O)c3ccc(C4CCCNC4)cc3)ccc2n1. The molecule has 5 nitrogen and oxygen atoms in total. The lowest BCUT2D eigenvalue weighted by Crippen LogP contribution is -2.28. The fourth-order valence-corrected chi connectivity index (χ4v) is 3.47. The Balaban J connectivity index is 1.47. The molecular weight excluding hydrogens is 312 g/mol. The summed E-state index contributed by atoms with van der Waals surface area (Å²) in [6.07, 6.45) is 4.37. The maximum Gasteiger partial charge on any atom is 0.255 e. The zero-order valence-corrected chi connectivity index (χ0v) is 14.3. The molecule has 4 rings (SSSR count). The molecule has 0 radical (unpaired) electrons. The van der Waals surface area contributed by atoms with E-state index in [1.54, 1.807) is 4.68 Å². The van der Waals surface area contributed by atoms with Crippen LogP contribution in [-0.4, -0.2) is 28.8 Å². The fourth-order valence-electron chi connectivity index (χ4n) is 3.47. The minimum atomic E-state index is -0.0865. The molecule has 2 aromatic carbocycles. The summed E-state index contributed by atoms with van der Waals surface area (Å²) in [7, 11) is 1.89. The summed E-state index contributed by atoms with van der Waals surface area (Å²) >= 11 is 0. The summed E-state index contributed by atoms with van der Waals surface area (Å²) in [5, 5.41) is 11.8. The first kappa shape index (κ1) is 15.8. The molecule has 1 aliphatic heterocycles. The van der Waals surface area contributed by atoms with Crippen LogP contribution >= 0.6 is 0 Å². The number of hydrogen-bond acceptors (Lipinski definition) is 3. The van der Waals surface area contributed by atoms with E-state index in [0.717, 1.165) is 29.7 Å². The van der Waals surface area contributed by atoms with E-state index < -0.39 is 0 Å². The summed E-state index contributed by atoms with van der Waals surface area (Å²) in [5.41, 5.74) is 3.69. The number of nitrogens with one attached hydrogen (secondary N) is 2. The molecule has 3 aromatic rings. The highest BCUT2D eigenvalue weighted by Gasteiger charge is 2.15. The van der Waals surface area contributed by atoms with Gasteiger partial charge < -0.3 is 10.6 Å². The first-order valence-electron chi connectivity index (χ1n) is 8.74. The van der Waals surface area contributed by atoms with Crippen LogP contribution in [0.2, 0.25) is 0 Å². The summed E-state index contributed by atoms with van der Waals surface area (Å²) in [6, 6.07) is 13.7. The van der Waals surface area contributed by atoms with E-state index in [1.165, 1.54) is 18.4 Å². The highest BCUT2D eigenvalue weighted by Crippen LogP contribution is 2.24. The molecule has 0 saturated carbocycles. The number of nitrogens with zero attached hydrogens (tertiary/aromatic N) is 2. The normalized spacial score (nSPS) is 17.6. The highest BCUT2D eigenvalue weighted by molar-refractivity contribution is 6.05. The maximum atomic E-state index is 12.5. The van der Waals surface area contributed by atoms with Gasteiger partial charge in [-0.2, -0.15) is 5.10 Å². The molecule has 25 heavy (non-hydrogen) atoms. The average molecular weight is 334 g/mol. The topological polar surface area (TPSA) is 59.0 Å². The number of carbonyl (C=O) groups excluding carboxylic acids is 1. The van der Waals surface area contributed by atoms with Crippen molar-refractivity contribution in [2.24, 2.45) is 7.05 Å². The van der Waals surface area contributed by atoms with Gasteiger partial charge in [-0.3, -0.25) is 9.48 Å². The van der Waals surface area contributed by atoms with Gasteiger partial charge in [0.1, 0.15) is 0 Å². The lowest BCUT2D eigenvalue weighted by molar-refractivity contribution is 0.102. The third-order valence-electron chi connectivity index (χ3n) is 4.82. The predicted octanol–water partition coefficient (Wildman–Crippen LogP) is 3.29. The highest BCUT2D eigenvalue weighted by atomic mass is 16.1. The summed E-state index contributed by atoms with van der Waals surface area (Å²) in [6.45, 7) is 2.13. The summed E-state index contributed by atoms with van der Waals surface area (Å²) < 4.78 is 1.77. The lowest BCUT2D eigenvalue weighted by Gasteiger charge is -2.23. The number of piperidine rings is 1. The molecule has 0 bridgehead atoms. The Kier molecular flexibility index (Phi) is 4.24. The fraction of sp³-hybridized carbons (Fsp3) is 0.300. The Labute approximate surface area is 147 Å². The van der Waals surface area contributed by atoms with Gasteiger partial charge in [0.15, 0.2) is 0 Å². The zero-order chi connectivity index (χ0) is 17.2. The second-order valence-corrected chi connectivity index (χ2v) is 6.70. The molecule has 2 N–H and O–H groups in total. The van der Waals surface area contributed by atoms with Gasteiger partial charge in [0, 0.05) is 36.4 Å². The van der Waals surface area contributed by atoms with Gasteiger partial charge in [-0.05, 0) is 61.2 Å². The van der Waals surface area contributed by atoms with Crippen molar-refractivity contribution in [2.75, 3.05) is 18.4 Å². The second-order valence-electron chi connectivity index (χ2n) is 6.70. The zero-order valence-electron chi connectivity index (χ0n) is 14.3. The molecule has 0 spiro atoms. The standard InChI is InChI=1S/C20H22N4O/c1-24-13-17-11-18(8-9-19(17)23-24)22-20(25)15-6-4-14(5-7-15)16-3-2-10-21-12-16/h4-9,11,13,16,21H,2-3,10,12H2,1H3,(H,22,25). The molecule has 2 heterocycles. The van der Waals surface area contributed by atoms with Crippen LogP contribution in [0.5, 0.6) is 0 Å². The number of anilines is 1. The van der Waals surface area contributed by atoms with Gasteiger partial charge in [0.2, 0.25) is 0 Å². The molecule has 1 atom stereocenters. The third-order valence-corrected chi connectivity index (χ3v) is 4.82. The number of fused-ring (bicyclic) bond motifs is 1. The van der Waals surface area contributed by atoms with E-state index >= 15 is 0 Å². The molecule has 1 amide bonds. The molecule has 1 unspecified atom stereocenters. The van der Waals surface area contributed by atoms with Crippen molar-refractivity contribution in [3.8, 4) is 0 Å². The molecular formula is C20H22N4O. The Morgan fingerprint density at radius 1 is 1.24 bits per heavy atom. The van der Waals surface area contributed by atoms with Crippen LogP contribution < -0.4 is 10.6 Å². The number of carbonyl (C=O) groups is 1. The monoisotopic (exact) mass is 334 g/mol. The Hall–Kier alpha value is -2.66. The number of rotatable bonds is 3. The maximum absolute atomic E-state index is 12.5. The smallest absolute Gasteiger partial charge is 0.255 e. The van der Waals surface area contributed by atoms with Gasteiger partial charge in [-0.1, -0.05) is 12.1 Å². The van der Waals surface area contributed by atoms with E-state index in [-0.39, 0.29) is 5.91 Å². The van der Waals surface area contributed by atoms with Crippen molar-refractivity contribution in [1.82, 2.24) is 15.1 Å². The van der Waals surface area contributed by atoms with Gasteiger partial charge in [0.25, 0.3) is 5.91 Å². The second kappa shape index (κ2) is 6.69. The number of amides is 1. The Morgan fingerprint density at radius 2 is 2.08 bits per heavy atom. The van der Waals surface area contributed by atoms with Crippen LogP contribution in [0.15, 0.2) is 48.7 Å². The van der Waals surface area contributed by atoms with E-state index in [1.807, 2.05) is 43.6 Å². The van der Waals surface area contributed by atoms with Crippen molar-refractivity contribution >= 4 is 22.5 Å². The van der Waals surface area contributed by atoms with Crippen LogP contribution in [0, 0.1) is 0 Å². The van der Waals surface area contributed by atoms with Crippen molar-refractivity contribution in [1.29, 1.82) is 0 Å². The van der Waals surface area contributed by atoms with Crippen LogP contribution in [0.4, 0.5) is 5.69 Å². The third kappa shape index (κ3) is 3.42. The van der Waals surface area contributed by atoms with Crippen LogP contribution in [0.3, 0.4) is 0 Å². The Morgan fingerprint density at radius 3 is 2.84 bits per heavy atom. The van der Waals surface area contributed by atoms with E-state index in [2.05, 4.69) is 27.9 Å². The Bertz CT molecular complexity index is 892. The number of aromatic nitrogens is 2. The van der Waals surface area contributed by atoms with Gasteiger partial charge in [-0.15, -0.1) is 0 Å². The molecule has 5 heteroatoms. The van der Waals surface area contributed by atoms with Gasteiger partial charge >= 0.3 is 0 Å². The van der Waals surface area contributed by atoms with E-state index in [9.17, 15) is 4.79 Å². The van der Waals surface area contributed by atoms with Crippen molar-refractivity contribution in [3.63, 3.8) is 0 Å². The minimum absolute atomic E-state index is 0.0865. The van der Waals surface area contributed by atoms with Crippen LogP contribution in [0.1, 0.15) is 34.7 Å². The van der Waals surface area contributed by atoms with Gasteiger partial charge in [0.05, 0.1) is 5.52 Å². The first-order valence-corrected chi connectivity index (χ1v) is 8.74. The number of aryl methyl sites for hydroxylation is 1. The molecule has 128 valence electrons. The van der Waals surface area contributed by atoms with E-state index in [0.29, 0.717) is 11.5 Å². The first-order chi connectivity index (χ1) is 12.2. The molecule has 1 fully saturated rings. The van der Waals surface area contributed by atoms with E-state index in [4.69, 9.17) is 0 Å². The predicted molar refractivity (Wildman–Crippen MR) is 100.0 cm³/mol. The van der Waals surface area contributed by atoms with Gasteiger partial charge in [-0.25, -0.2) is 0 Å². The van der Waals surface area contributed by atoms with Crippen molar-refractivity contribution in [2.45, 2.75) is 18.8 Å². The quantitative estimate of drug-likeness (QED) is 0.773. The molecule has 1 aliphatic rings. The lowest BCUT2D eigenvalue weighted by atomic mass is 9.91. The number of benzene rings is 2. The molecule has 1 aromatic heterocycles. The van der Waals surface area contributed by atoms with Crippen molar-refractivity contribution in [3.05, 3.63) is 59.8 Å². The number of hydrogen-bond donors (Lipinski definition) is 2. The molecule has 0 aliphatic carbocycles. The average Bonchev–Trinajstić information content (AvgIpc) is 3.02. The summed E-state index contributed by atoms with van der Waals surface area (Å²) in [5.74, 6) is 0.468.